The summed E-state index contributed by atoms with van der Waals surface area (Å²) >= 11 is 0. The number of carboxylic acids is 1. The Bertz CT molecular complexity index is 337. The van der Waals surface area contributed by atoms with Gasteiger partial charge in [-0.3, -0.25) is 0 Å². The number of methoxy groups -OCH3 is 1. The van der Waals surface area contributed by atoms with Crippen molar-refractivity contribution in [3.63, 3.8) is 0 Å². The number of carboxylic acid groups (broad SMARTS) is 1. The molecular weight excluding hydrogens is 212 g/mol. The summed E-state index contributed by atoms with van der Waals surface area (Å²) < 4.78 is 9.80. The number of ether oxygens (including phenoxy) is 1. The molecule has 6 nitrogen and oxygen atoms in total. The highest BCUT2D eigenvalue weighted by molar-refractivity contribution is 5.85. The molecule has 1 aromatic heterocycles. The first-order valence-corrected chi connectivity index (χ1v) is 5.04. The largest absolute Gasteiger partial charge is 0.476 e. The van der Waals surface area contributed by atoms with Crippen LogP contribution in [-0.2, 0) is 11.3 Å². The molecular formula is C10H16N2O4. The van der Waals surface area contributed by atoms with E-state index in [2.05, 4.69) is 10.5 Å². The zero-order valence-corrected chi connectivity index (χ0v) is 9.40. The molecule has 0 saturated heterocycles. The first kappa shape index (κ1) is 12.7. The fourth-order valence-corrected chi connectivity index (χ4v) is 1.17. The van der Waals surface area contributed by atoms with Crippen molar-refractivity contribution in [2.24, 2.45) is 0 Å². The van der Waals surface area contributed by atoms with Crippen LogP contribution in [0.2, 0.25) is 0 Å². The predicted octanol–water partition coefficient (Wildman–Crippen LogP) is 0.887. The Morgan fingerprint density at radius 3 is 3.06 bits per heavy atom. The molecule has 1 rings (SSSR count). The average molecular weight is 228 g/mol. The SMILES string of the molecule is COCCC(C)NCc1cc(C(=O)O)no1. The van der Waals surface area contributed by atoms with Gasteiger partial charge in [0.15, 0.2) is 11.5 Å². The number of hydrogen-bond acceptors (Lipinski definition) is 5. The summed E-state index contributed by atoms with van der Waals surface area (Å²) in [4.78, 5) is 10.5. The number of hydrogen-bond donors (Lipinski definition) is 2. The minimum atomic E-state index is -1.08. The predicted molar refractivity (Wildman–Crippen MR) is 56.3 cm³/mol. The Balaban J connectivity index is 2.33. The van der Waals surface area contributed by atoms with Gasteiger partial charge in [0.1, 0.15) is 0 Å². The molecule has 0 spiro atoms. The van der Waals surface area contributed by atoms with Gasteiger partial charge in [-0.05, 0) is 13.3 Å². The van der Waals surface area contributed by atoms with Crippen LogP contribution in [0.4, 0.5) is 0 Å². The van der Waals surface area contributed by atoms with Crippen LogP contribution in [0.15, 0.2) is 10.6 Å². The summed E-state index contributed by atoms with van der Waals surface area (Å²) in [5, 5.41) is 15.2. The van der Waals surface area contributed by atoms with E-state index >= 15 is 0 Å². The van der Waals surface area contributed by atoms with Crippen molar-refractivity contribution >= 4 is 5.97 Å². The van der Waals surface area contributed by atoms with E-state index in [0.717, 1.165) is 6.42 Å². The summed E-state index contributed by atoms with van der Waals surface area (Å²) in [6.45, 7) is 3.17. The van der Waals surface area contributed by atoms with Gasteiger partial charge in [-0.1, -0.05) is 5.16 Å². The number of carbonyl (C=O) groups is 1. The van der Waals surface area contributed by atoms with E-state index in [9.17, 15) is 4.79 Å². The van der Waals surface area contributed by atoms with Gasteiger partial charge in [0.05, 0.1) is 6.54 Å². The second-order valence-corrected chi connectivity index (χ2v) is 3.55. The molecule has 6 heteroatoms. The standard InChI is InChI=1S/C10H16N2O4/c1-7(3-4-15-2)11-6-8-5-9(10(13)14)12-16-8/h5,7,11H,3-4,6H2,1-2H3,(H,13,14). The summed E-state index contributed by atoms with van der Waals surface area (Å²) in [5.74, 6) is -0.566. The van der Waals surface area contributed by atoms with E-state index in [0.29, 0.717) is 18.9 Å². The first-order chi connectivity index (χ1) is 7.63. The van der Waals surface area contributed by atoms with Gasteiger partial charge in [-0.15, -0.1) is 0 Å². The lowest BCUT2D eigenvalue weighted by Crippen LogP contribution is -2.26. The van der Waals surface area contributed by atoms with Crippen LogP contribution in [0.5, 0.6) is 0 Å². The summed E-state index contributed by atoms with van der Waals surface area (Å²) in [6.07, 6.45) is 0.885. The Morgan fingerprint density at radius 2 is 2.50 bits per heavy atom. The quantitative estimate of drug-likeness (QED) is 0.720. The third kappa shape index (κ3) is 4.00. The topological polar surface area (TPSA) is 84.6 Å². The number of rotatable bonds is 7. The molecule has 0 radical (unpaired) electrons. The zero-order chi connectivity index (χ0) is 12.0. The van der Waals surface area contributed by atoms with Gasteiger partial charge in [0.2, 0.25) is 0 Å². The van der Waals surface area contributed by atoms with Crippen molar-refractivity contribution < 1.29 is 19.2 Å². The van der Waals surface area contributed by atoms with Crippen LogP contribution in [-0.4, -0.2) is 36.0 Å². The molecule has 90 valence electrons. The van der Waals surface area contributed by atoms with Crippen molar-refractivity contribution in [2.45, 2.75) is 25.9 Å². The van der Waals surface area contributed by atoms with E-state index in [-0.39, 0.29) is 11.7 Å². The normalized spacial score (nSPS) is 12.6. The second kappa shape index (κ2) is 6.24. The third-order valence-electron chi connectivity index (χ3n) is 2.16. The fraction of sp³-hybridized carbons (Fsp3) is 0.600. The van der Waals surface area contributed by atoms with Crippen LogP contribution in [0.1, 0.15) is 29.6 Å². The molecule has 0 aliphatic rings. The molecule has 1 heterocycles. The number of nitrogens with zero attached hydrogens (tertiary/aromatic N) is 1. The first-order valence-electron chi connectivity index (χ1n) is 5.04. The number of aromatic nitrogens is 1. The second-order valence-electron chi connectivity index (χ2n) is 3.55. The van der Waals surface area contributed by atoms with E-state index < -0.39 is 5.97 Å². The summed E-state index contributed by atoms with van der Waals surface area (Å²) in [6, 6.07) is 1.69. The third-order valence-corrected chi connectivity index (χ3v) is 2.16. The highest BCUT2D eigenvalue weighted by Gasteiger charge is 2.11. The van der Waals surface area contributed by atoms with Crippen molar-refractivity contribution in [1.29, 1.82) is 0 Å². The lowest BCUT2D eigenvalue weighted by atomic mass is 10.2. The molecule has 0 saturated carbocycles. The van der Waals surface area contributed by atoms with Crippen LogP contribution in [0.3, 0.4) is 0 Å². The summed E-state index contributed by atoms with van der Waals surface area (Å²) in [5.41, 5.74) is -0.0682. The monoisotopic (exact) mass is 228 g/mol. The van der Waals surface area contributed by atoms with Gasteiger partial charge in [-0.2, -0.15) is 0 Å². The maximum Gasteiger partial charge on any atom is 0.358 e. The Kier molecular flexibility index (Phi) is 4.94. The van der Waals surface area contributed by atoms with Crippen LogP contribution in [0, 0.1) is 0 Å². The smallest absolute Gasteiger partial charge is 0.358 e. The van der Waals surface area contributed by atoms with E-state index in [1.807, 2.05) is 6.92 Å². The van der Waals surface area contributed by atoms with Crippen LogP contribution < -0.4 is 5.32 Å². The Morgan fingerprint density at radius 1 is 1.75 bits per heavy atom. The van der Waals surface area contributed by atoms with E-state index in [1.165, 1.54) is 6.07 Å². The average Bonchev–Trinajstić information content (AvgIpc) is 2.72. The van der Waals surface area contributed by atoms with Gasteiger partial charge in [0.25, 0.3) is 0 Å². The van der Waals surface area contributed by atoms with Gasteiger partial charge >= 0.3 is 5.97 Å². The molecule has 0 aliphatic heterocycles. The zero-order valence-electron chi connectivity index (χ0n) is 9.40. The highest BCUT2D eigenvalue weighted by Crippen LogP contribution is 2.04. The maximum absolute atomic E-state index is 10.5. The number of aromatic carboxylic acids is 1. The molecule has 0 aromatic carbocycles. The molecule has 1 unspecified atom stereocenters. The molecule has 0 fully saturated rings. The van der Waals surface area contributed by atoms with Crippen LogP contribution >= 0.6 is 0 Å². The maximum atomic E-state index is 10.5. The Labute approximate surface area is 93.6 Å². The molecule has 0 bridgehead atoms. The van der Waals surface area contributed by atoms with E-state index in [4.69, 9.17) is 14.4 Å². The molecule has 1 atom stereocenters. The molecule has 2 N–H and O–H groups in total. The van der Waals surface area contributed by atoms with Crippen LogP contribution in [0.25, 0.3) is 0 Å². The highest BCUT2D eigenvalue weighted by atomic mass is 16.5. The van der Waals surface area contributed by atoms with Crippen molar-refractivity contribution in [2.75, 3.05) is 13.7 Å². The lowest BCUT2D eigenvalue weighted by Gasteiger charge is -2.11. The minimum absolute atomic E-state index is 0.0682. The molecule has 16 heavy (non-hydrogen) atoms. The molecule has 1 aromatic rings. The number of nitrogens with one attached hydrogen (secondary N) is 1. The van der Waals surface area contributed by atoms with Crippen molar-refractivity contribution in [3.05, 3.63) is 17.5 Å². The van der Waals surface area contributed by atoms with Gasteiger partial charge in [0, 0.05) is 25.8 Å². The molecule has 0 amide bonds. The van der Waals surface area contributed by atoms with E-state index in [1.54, 1.807) is 7.11 Å². The fourth-order valence-electron chi connectivity index (χ4n) is 1.17. The molecule has 0 aliphatic carbocycles. The lowest BCUT2D eigenvalue weighted by molar-refractivity contribution is 0.0685. The van der Waals surface area contributed by atoms with Crippen molar-refractivity contribution in [3.8, 4) is 0 Å². The summed E-state index contributed by atoms with van der Waals surface area (Å²) in [7, 11) is 1.66. The minimum Gasteiger partial charge on any atom is -0.476 e. The van der Waals surface area contributed by atoms with Crippen molar-refractivity contribution in [1.82, 2.24) is 10.5 Å². The van der Waals surface area contributed by atoms with Gasteiger partial charge in [-0.25, -0.2) is 4.79 Å². The Hall–Kier alpha value is -1.40. The van der Waals surface area contributed by atoms with Gasteiger partial charge < -0.3 is 19.7 Å².